The Morgan fingerprint density at radius 3 is 2.63 bits per heavy atom. The minimum atomic E-state index is -0.179. The monoisotopic (exact) mass is 407 g/mol. The zero-order valence-corrected chi connectivity index (χ0v) is 18.3. The molecule has 6 nitrogen and oxygen atoms in total. The lowest BCUT2D eigenvalue weighted by Crippen LogP contribution is -2.37. The van der Waals surface area contributed by atoms with Crippen LogP contribution in [0.4, 0.5) is 0 Å². The number of nitriles is 1. The van der Waals surface area contributed by atoms with Gasteiger partial charge in [-0.15, -0.1) is 0 Å². The van der Waals surface area contributed by atoms with Crippen molar-refractivity contribution >= 4 is 5.91 Å². The Hall–Kier alpha value is -3.04. The molecule has 6 heteroatoms. The molecule has 0 aliphatic carbocycles. The van der Waals surface area contributed by atoms with Gasteiger partial charge in [-0.3, -0.25) is 9.69 Å². The number of hydrogen-bond acceptors (Lipinski definition) is 5. The highest BCUT2D eigenvalue weighted by molar-refractivity contribution is 5.95. The van der Waals surface area contributed by atoms with Crippen LogP contribution in [0.5, 0.6) is 11.5 Å². The van der Waals surface area contributed by atoms with E-state index >= 15 is 0 Å². The van der Waals surface area contributed by atoms with Crippen LogP contribution in [0.15, 0.2) is 30.3 Å². The molecular weight excluding hydrogens is 378 g/mol. The second-order valence-electron chi connectivity index (χ2n) is 7.80. The third-order valence-electron chi connectivity index (χ3n) is 6.09. The average Bonchev–Trinajstić information content (AvgIpc) is 3.23. The maximum atomic E-state index is 12.7. The third-order valence-corrected chi connectivity index (χ3v) is 6.09. The van der Waals surface area contributed by atoms with Gasteiger partial charge in [0.2, 0.25) is 0 Å². The normalized spacial score (nSPS) is 17.3. The summed E-state index contributed by atoms with van der Waals surface area (Å²) in [5.41, 5.74) is 4.55. The molecular formula is C24H29N3O3. The summed E-state index contributed by atoms with van der Waals surface area (Å²) in [6.45, 7) is 8.13. The van der Waals surface area contributed by atoms with Crippen LogP contribution in [0.25, 0.3) is 0 Å². The molecule has 2 aromatic rings. The fraction of sp³-hybridized carbons (Fsp3) is 0.417. The van der Waals surface area contributed by atoms with Crippen LogP contribution in [0.1, 0.15) is 52.0 Å². The first-order valence-corrected chi connectivity index (χ1v) is 10.2. The molecule has 0 bridgehead atoms. The van der Waals surface area contributed by atoms with Crippen molar-refractivity contribution in [2.45, 2.75) is 39.3 Å². The molecule has 1 aliphatic rings. The number of ether oxygens (including phenoxy) is 2. The van der Waals surface area contributed by atoms with Crippen LogP contribution >= 0.6 is 0 Å². The first-order chi connectivity index (χ1) is 14.4. The van der Waals surface area contributed by atoms with Crippen LogP contribution in [0.3, 0.4) is 0 Å². The highest BCUT2D eigenvalue weighted by Crippen LogP contribution is 2.32. The standard InChI is InChI=1S/C24H29N3O3/c1-15-16(2)23(30-5)7-6-22(15)17(3)27-9-8-20(14-27)26-24(28)19-10-18(13-25)11-21(12-19)29-4/h6-7,10-12,17,20H,8-9,14H2,1-5H3,(H,26,28)/t17?,20-/m1/s1. The predicted octanol–water partition coefficient (Wildman–Crippen LogP) is 3.76. The van der Waals surface area contributed by atoms with Crippen molar-refractivity contribution in [1.29, 1.82) is 5.26 Å². The minimum Gasteiger partial charge on any atom is -0.497 e. The number of likely N-dealkylation sites (tertiary alicyclic amines) is 1. The number of nitrogens with one attached hydrogen (secondary N) is 1. The smallest absolute Gasteiger partial charge is 0.251 e. The first-order valence-electron chi connectivity index (χ1n) is 10.2. The van der Waals surface area contributed by atoms with E-state index in [1.165, 1.54) is 18.2 Å². The molecule has 3 rings (SSSR count). The Balaban J connectivity index is 1.68. The maximum Gasteiger partial charge on any atom is 0.251 e. The highest BCUT2D eigenvalue weighted by Gasteiger charge is 2.29. The molecule has 1 amide bonds. The fourth-order valence-electron chi connectivity index (χ4n) is 4.13. The van der Waals surface area contributed by atoms with Crippen molar-refractivity contribution in [3.63, 3.8) is 0 Å². The lowest BCUT2D eigenvalue weighted by atomic mass is 9.97. The number of hydrogen-bond donors (Lipinski definition) is 1. The second-order valence-corrected chi connectivity index (χ2v) is 7.80. The van der Waals surface area contributed by atoms with Crippen molar-refractivity contribution in [3.05, 3.63) is 58.1 Å². The lowest BCUT2D eigenvalue weighted by Gasteiger charge is -2.27. The second kappa shape index (κ2) is 9.19. The van der Waals surface area contributed by atoms with Gasteiger partial charge < -0.3 is 14.8 Å². The van der Waals surface area contributed by atoms with Crippen LogP contribution < -0.4 is 14.8 Å². The molecule has 2 atom stereocenters. The number of amides is 1. The van der Waals surface area contributed by atoms with Crippen LogP contribution in [0, 0.1) is 25.2 Å². The van der Waals surface area contributed by atoms with E-state index in [9.17, 15) is 10.1 Å². The van der Waals surface area contributed by atoms with Gasteiger partial charge in [-0.1, -0.05) is 6.07 Å². The molecule has 0 saturated carbocycles. The molecule has 2 aromatic carbocycles. The van der Waals surface area contributed by atoms with Crippen molar-refractivity contribution in [2.24, 2.45) is 0 Å². The minimum absolute atomic E-state index is 0.0661. The van der Waals surface area contributed by atoms with Gasteiger partial charge >= 0.3 is 0 Å². The molecule has 0 spiro atoms. The molecule has 0 aromatic heterocycles. The number of rotatable bonds is 6. The van der Waals surface area contributed by atoms with Gasteiger partial charge in [-0.2, -0.15) is 5.26 Å². The Morgan fingerprint density at radius 2 is 1.97 bits per heavy atom. The number of benzene rings is 2. The zero-order valence-electron chi connectivity index (χ0n) is 18.3. The van der Waals surface area contributed by atoms with Gasteiger partial charge in [0.15, 0.2) is 0 Å². The summed E-state index contributed by atoms with van der Waals surface area (Å²) in [5.74, 6) is 1.23. The van der Waals surface area contributed by atoms with Crippen LogP contribution in [0.2, 0.25) is 0 Å². The number of carbonyl (C=O) groups excluding carboxylic acids is 1. The molecule has 1 aliphatic heterocycles. The molecule has 1 fully saturated rings. The Bertz CT molecular complexity index is 980. The number of nitrogens with zero attached hydrogens (tertiary/aromatic N) is 2. The Kier molecular flexibility index (Phi) is 6.63. The summed E-state index contributed by atoms with van der Waals surface area (Å²) in [6, 6.07) is 11.4. The Labute approximate surface area is 178 Å². The molecule has 1 saturated heterocycles. The summed E-state index contributed by atoms with van der Waals surface area (Å²) < 4.78 is 10.6. The zero-order chi connectivity index (χ0) is 21.8. The van der Waals surface area contributed by atoms with E-state index in [1.807, 2.05) is 6.07 Å². The van der Waals surface area contributed by atoms with Crippen molar-refractivity contribution in [3.8, 4) is 17.6 Å². The van der Waals surface area contributed by atoms with Gasteiger partial charge in [0.1, 0.15) is 11.5 Å². The highest BCUT2D eigenvalue weighted by atomic mass is 16.5. The molecule has 1 unspecified atom stereocenters. The molecule has 30 heavy (non-hydrogen) atoms. The van der Waals surface area contributed by atoms with E-state index in [0.717, 1.165) is 30.8 Å². The Morgan fingerprint density at radius 1 is 1.20 bits per heavy atom. The number of methoxy groups -OCH3 is 2. The van der Waals surface area contributed by atoms with Crippen molar-refractivity contribution < 1.29 is 14.3 Å². The maximum absolute atomic E-state index is 12.7. The SMILES string of the molecule is COc1cc(C#N)cc(C(=O)N[C@@H]2CCN(C(C)c3ccc(OC)c(C)c3C)C2)c1. The van der Waals surface area contributed by atoms with E-state index in [1.54, 1.807) is 25.3 Å². The van der Waals surface area contributed by atoms with Crippen molar-refractivity contribution in [1.82, 2.24) is 10.2 Å². The van der Waals surface area contributed by atoms with Crippen molar-refractivity contribution in [2.75, 3.05) is 27.3 Å². The number of carbonyl (C=O) groups is 1. The van der Waals surface area contributed by atoms with E-state index in [-0.39, 0.29) is 18.0 Å². The summed E-state index contributed by atoms with van der Waals surface area (Å²) in [7, 11) is 3.22. The van der Waals surface area contributed by atoms with E-state index in [0.29, 0.717) is 16.9 Å². The van der Waals surface area contributed by atoms with Gasteiger partial charge in [0.25, 0.3) is 5.91 Å². The first kappa shape index (κ1) is 21.7. The molecule has 1 N–H and O–H groups in total. The summed E-state index contributed by atoms with van der Waals surface area (Å²) in [6.07, 6.45) is 0.888. The van der Waals surface area contributed by atoms with Gasteiger partial charge in [0, 0.05) is 30.7 Å². The van der Waals surface area contributed by atoms with Gasteiger partial charge in [-0.05, 0) is 68.1 Å². The quantitative estimate of drug-likeness (QED) is 0.789. The largest absolute Gasteiger partial charge is 0.497 e. The fourth-order valence-corrected chi connectivity index (χ4v) is 4.13. The van der Waals surface area contributed by atoms with E-state index in [2.05, 4.69) is 43.1 Å². The predicted molar refractivity (Wildman–Crippen MR) is 116 cm³/mol. The van der Waals surface area contributed by atoms with Crippen LogP contribution in [-0.4, -0.2) is 44.2 Å². The topological polar surface area (TPSA) is 74.6 Å². The summed E-state index contributed by atoms with van der Waals surface area (Å²) >= 11 is 0. The van der Waals surface area contributed by atoms with Crippen LogP contribution in [-0.2, 0) is 0 Å². The molecule has 1 heterocycles. The third kappa shape index (κ3) is 4.42. The lowest BCUT2D eigenvalue weighted by molar-refractivity contribution is 0.0936. The summed E-state index contributed by atoms with van der Waals surface area (Å²) in [4.78, 5) is 15.1. The van der Waals surface area contributed by atoms with E-state index < -0.39 is 0 Å². The van der Waals surface area contributed by atoms with E-state index in [4.69, 9.17) is 9.47 Å². The average molecular weight is 408 g/mol. The van der Waals surface area contributed by atoms with Gasteiger partial charge in [-0.25, -0.2) is 0 Å². The molecule has 158 valence electrons. The summed E-state index contributed by atoms with van der Waals surface area (Å²) in [5, 5.41) is 12.3. The van der Waals surface area contributed by atoms with Gasteiger partial charge in [0.05, 0.1) is 25.9 Å². The molecule has 0 radical (unpaired) electrons.